The molecule has 0 aliphatic heterocycles. The van der Waals surface area contributed by atoms with Crippen LogP contribution in [-0.4, -0.2) is 0 Å². The Balaban J connectivity index is 1.77. The lowest BCUT2D eigenvalue weighted by atomic mass is 10.2. The average molecular weight is 467 g/mol. The number of ether oxygens (including phenoxy) is 2. The van der Waals surface area contributed by atoms with Gasteiger partial charge in [0.1, 0.15) is 23.0 Å². The Morgan fingerprint density at radius 3 is 1.23 bits per heavy atom. The van der Waals surface area contributed by atoms with E-state index in [1.54, 1.807) is 0 Å². The van der Waals surface area contributed by atoms with Crippen LogP contribution in [0.4, 0.5) is 26.3 Å². The summed E-state index contributed by atoms with van der Waals surface area (Å²) < 4.78 is 87.6. The van der Waals surface area contributed by atoms with E-state index in [4.69, 9.17) is 32.7 Å². The summed E-state index contributed by atoms with van der Waals surface area (Å²) in [6, 6.07) is 11.8. The van der Waals surface area contributed by atoms with E-state index in [2.05, 4.69) is 0 Å². The summed E-state index contributed by atoms with van der Waals surface area (Å²) in [5.41, 5.74) is -1.99. The molecule has 0 spiro atoms. The maximum atomic E-state index is 12.8. The van der Waals surface area contributed by atoms with Gasteiger partial charge in [0.25, 0.3) is 0 Å². The molecule has 0 aliphatic carbocycles. The van der Waals surface area contributed by atoms with Crippen LogP contribution in [0.2, 0.25) is 10.0 Å². The van der Waals surface area contributed by atoms with E-state index in [9.17, 15) is 26.3 Å². The Kier molecular flexibility index (Phi) is 6.10. The third kappa shape index (κ3) is 5.31. The summed E-state index contributed by atoms with van der Waals surface area (Å²) in [4.78, 5) is 0. The van der Waals surface area contributed by atoms with Gasteiger partial charge in [0.05, 0.1) is 21.2 Å². The van der Waals surface area contributed by atoms with Gasteiger partial charge in [0.15, 0.2) is 0 Å². The molecule has 0 aliphatic rings. The molecule has 30 heavy (non-hydrogen) atoms. The second-order valence-electron chi connectivity index (χ2n) is 5.96. The van der Waals surface area contributed by atoms with Crippen LogP contribution in [0.3, 0.4) is 0 Å². The van der Waals surface area contributed by atoms with Gasteiger partial charge in [0, 0.05) is 18.2 Å². The van der Waals surface area contributed by atoms with Crippen molar-refractivity contribution >= 4 is 23.2 Å². The summed E-state index contributed by atoms with van der Waals surface area (Å²) in [7, 11) is 0. The zero-order valence-electron chi connectivity index (χ0n) is 14.6. The minimum Gasteiger partial charge on any atom is -0.457 e. The van der Waals surface area contributed by atoms with Crippen LogP contribution < -0.4 is 9.47 Å². The zero-order valence-corrected chi connectivity index (χ0v) is 16.1. The highest BCUT2D eigenvalue weighted by Crippen LogP contribution is 2.39. The topological polar surface area (TPSA) is 18.5 Å². The largest absolute Gasteiger partial charge is 0.457 e. The summed E-state index contributed by atoms with van der Waals surface area (Å²) >= 11 is 11.3. The van der Waals surface area contributed by atoms with Crippen molar-refractivity contribution in [2.24, 2.45) is 0 Å². The number of halogens is 8. The first-order chi connectivity index (χ1) is 13.9. The van der Waals surface area contributed by atoms with E-state index in [0.29, 0.717) is 0 Å². The van der Waals surface area contributed by atoms with Crippen LogP contribution in [0.15, 0.2) is 60.7 Å². The van der Waals surface area contributed by atoms with E-state index >= 15 is 0 Å². The molecule has 3 rings (SSSR count). The van der Waals surface area contributed by atoms with Crippen molar-refractivity contribution in [3.05, 3.63) is 81.8 Å². The fourth-order valence-corrected chi connectivity index (χ4v) is 3.01. The Labute approximate surface area is 176 Å². The molecule has 0 atom stereocenters. The van der Waals surface area contributed by atoms with Gasteiger partial charge in [-0.3, -0.25) is 0 Å². The van der Waals surface area contributed by atoms with Crippen LogP contribution in [-0.2, 0) is 12.4 Å². The molecule has 0 radical (unpaired) electrons. The summed E-state index contributed by atoms with van der Waals surface area (Å²) in [6.07, 6.45) is -9.18. The lowest BCUT2D eigenvalue weighted by molar-refractivity contribution is -0.138. The van der Waals surface area contributed by atoms with Gasteiger partial charge in [0.2, 0.25) is 0 Å². The molecule has 10 heteroatoms. The highest BCUT2D eigenvalue weighted by molar-refractivity contribution is 6.31. The van der Waals surface area contributed by atoms with Crippen LogP contribution >= 0.6 is 23.2 Å². The lowest BCUT2D eigenvalue weighted by Gasteiger charge is -2.13. The van der Waals surface area contributed by atoms with Gasteiger partial charge >= 0.3 is 12.4 Å². The number of hydrogen-bond acceptors (Lipinski definition) is 2. The molecular weight excluding hydrogens is 457 g/mol. The number of benzene rings is 3. The van der Waals surface area contributed by atoms with Gasteiger partial charge in [-0.1, -0.05) is 29.3 Å². The molecule has 2 nitrogen and oxygen atoms in total. The number of hydrogen-bond donors (Lipinski definition) is 0. The third-order valence-electron chi connectivity index (χ3n) is 3.77. The van der Waals surface area contributed by atoms with Crippen molar-refractivity contribution in [2.75, 3.05) is 0 Å². The Morgan fingerprint density at radius 1 is 0.533 bits per heavy atom. The Hall–Kier alpha value is -2.58. The summed E-state index contributed by atoms with van der Waals surface area (Å²) in [6.45, 7) is 0. The molecule has 0 saturated carbocycles. The second-order valence-corrected chi connectivity index (χ2v) is 6.77. The van der Waals surface area contributed by atoms with Crippen LogP contribution in [0.5, 0.6) is 23.0 Å². The van der Waals surface area contributed by atoms with Gasteiger partial charge in [-0.25, -0.2) is 0 Å². The zero-order chi connectivity index (χ0) is 22.1. The van der Waals surface area contributed by atoms with Crippen molar-refractivity contribution in [1.82, 2.24) is 0 Å². The van der Waals surface area contributed by atoms with Crippen molar-refractivity contribution in [3.63, 3.8) is 0 Å². The van der Waals surface area contributed by atoms with Crippen LogP contribution in [0, 0.1) is 0 Å². The molecular formula is C20H10Cl2F6O2. The number of rotatable bonds is 4. The van der Waals surface area contributed by atoms with Gasteiger partial charge in [-0.2, -0.15) is 26.3 Å². The fourth-order valence-electron chi connectivity index (χ4n) is 2.45. The molecule has 0 aromatic heterocycles. The normalized spacial score (nSPS) is 12.0. The van der Waals surface area contributed by atoms with Crippen molar-refractivity contribution in [3.8, 4) is 23.0 Å². The Morgan fingerprint density at radius 2 is 0.900 bits per heavy atom. The van der Waals surface area contributed by atoms with E-state index in [1.807, 2.05) is 0 Å². The van der Waals surface area contributed by atoms with E-state index in [1.165, 1.54) is 24.3 Å². The van der Waals surface area contributed by atoms with Crippen molar-refractivity contribution < 1.29 is 35.8 Å². The van der Waals surface area contributed by atoms with E-state index in [0.717, 1.165) is 36.4 Å². The highest BCUT2D eigenvalue weighted by atomic mass is 35.5. The lowest BCUT2D eigenvalue weighted by Crippen LogP contribution is -2.05. The van der Waals surface area contributed by atoms with E-state index in [-0.39, 0.29) is 23.0 Å². The molecule has 0 bridgehead atoms. The molecule has 0 heterocycles. The predicted molar refractivity (Wildman–Crippen MR) is 99.5 cm³/mol. The van der Waals surface area contributed by atoms with Gasteiger partial charge in [-0.15, -0.1) is 0 Å². The monoisotopic (exact) mass is 466 g/mol. The van der Waals surface area contributed by atoms with Crippen molar-refractivity contribution in [1.29, 1.82) is 0 Å². The maximum Gasteiger partial charge on any atom is 0.417 e. The molecule has 3 aromatic carbocycles. The molecule has 0 amide bonds. The standard InChI is InChI=1S/C20H10Cl2F6O2/c21-17-9-13(4-6-15(17)19(23,24)25)29-11-2-1-3-12(8-11)30-14-5-7-16(18(22)10-14)20(26,27)28/h1-10H. The van der Waals surface area contributed by atoms with Gasteiger partial charge in [-0.05, 0) is 36.4 Å². The molecule has 158 valence electrons. The number of alkyl halides is 6. The maximum absolute atomic E-state index is 12.8. The molecule has 3 aromatic rings. The average Bonchev–Trinajstić information content (AvgIpc) is 2.60. The first-order valence-corrected chi connectivity index (χ1v) is 8.88. The summed E-state index contributed by atoms with van der Waals surface area (Å²) in [5.74, 6) is 0.535. The van der Waals surface area contributed by atoms with Crippen LogP contribution in [0.25, 0.3) is 0 Å². The molecule has 0 fully saturated rings. The molecule has 0 unspecified atom stereocenters. The second kappa shape index (κ2) is 8.28. The minimum absolute atomic E-state index is 0.0581. The minimum atomic E-state index is -4.59. The van der Waals surface area contributed by atoms with Crippen molar-refractivity contribution in [2.45, 2.75) is 12.4 Å². The third-order valence-corrected chi connectivity index (χ3v) is 4.39. The van der Waals surface area contributed by atoms with Gasteiger partial charge < -0.3 is 9.47 Å². The first-order valence-electron chi connectivity index (χ1n) is 8.13. The van der Waals surface area contributed by atoms with E-state index < -0.39 is 33.5 Å². The predicted octanol–water partition coefficient (Wildman–Crippen LogP) is 8.62. The van der Waals surface area contributed by atoms with Crippen LogP contribution in [0.1, 0.15) is 11.1 Å². The molecule has 0 N–H and O–H groups in total. The highest BCUT2D eigenvalue weighted by Gasteiger charge is 2.34. The SMILES string of the molecule is FC(F)(F)c1ccc(Oc2cccc(Oc3ccc(C(F)(F)F)c(Cl)c3)c2)cc1Cl. The Bertz CT molecular complexity index is 983. The summed E-state index contributed by atoms with van der Waals surface area (Å²) in [5, 5.41) is -1.04. The quantitative estimate of drug-likeness (QED) is 0.358. The fraction of sp³-hybridized carbons (Fsp3) is 0.100. The smallest absolute Gasteiger partial charge is 0.417 e. The first kappa shape index (κ1) is 22.1. The molecule has 0 saturated heterocycles.